The first kappa shape index (κ1) is 12.4. The summed E-state index contributed by atoms with van der Waals surface area (Å²) >= 11 is 0. The van der Waals surface area contributed by atoms with Crippen LogP contribution in [-0.4, -0.2) is 13.1 Å². The number of nitriles is 1. The first-order chi connectivity index (χ1) is 7.72. The van der Waals surface area contributed by atoms with Crippen LogP contribution in [0.5, 0.6) is 0 Å². The molecule has 0 atom stereocenters. The van der Waals surface area contributed by atoms with Gasteiger partial charge < -0.3 is 10.6 Å². The van der Waals surface area contributed by atoms with E-state index in [0.29, 0.717) is 5.56 Å². The SMILES string of the molecule is CCCCN(CC)c1cc(C#N)ccc1N. The molecule has 0 saturated carbocycles. The third kappa shape index (κ3) is 2.90. The molecule has 0 aromatic heterocycles. The molecule has 0 spiro atoms. The molecular weight excluding hydrogens is 198 g/mol. The average molecular weight is 217 g/mol. The molecule has 1 rings (SSSR count). The van der Waals surface area contributed by atoms with E-state index in [9.17, 15) is 0 Å². The molecule has 0 aliphatic carbocycles. The summed E-state index contributed by atoms with van der Waals surface area (Å²) in [4.78, 5) is 2.22. The topological polar surface area (TPSA) is 53.0 Å². The molecule has 0 radical (unpaired) electrons. The molecule has 0 bridgehead atoms. The first-order valence-electron chi connectivity index (χ1n) is 5.77. The van der Waals surface area contributed by atoms with Crippen molar-refractivity contribution in [1.29, 1.82) is 5.26 Å². The maximum Gasteiger partial charge on any atom is 0.0992 e. The fraction of sp³-hybridized carbons (Fsp3) is 0.462. The van der Waals surface area contributed by atoms with Crippen LogP contribution in [0, 0.1) is 11.3 Å². The Kier molecular flexibility index (Phi) is 4.65. The highest BCUT2D eigenvalue weighted by atomic mass is 15.1. The predicted molar refractivity (Wildman–Crippen MR) is 68.4 cm³/mol. The summed E-state index contributed by atoms with van der Waals surface area (Å²) in [5.74, 6) is 0. The number of unbranched alkanes of at least 4 members (excludes halogenated alkanes) is 1. The number of nitrogens with zero attached hydrogens (tertiary/aromatic N) is 2. The molecule has 0 fully saturated rings. The minimum atomic E-state index is 0.666. The monoisotopic (exact) mass is 217 g/mol. The van der Waals surface area contributed by atoms with Crippen LogP contribution in [0.25, 0.3) is 0 Å². The molecule has 0 aliphatic rings. The molecule has 0 unspecified atom stereocenters. The summed E-state index contributed by atoms with van der Waals surface area (Å²) in [6, 6.07) is 7.58. The number of hydrogen-bond donors (Lipinski definition) is 1. The average Bonchev–Trinajstić information content (AvgIpc) is 2.32. The number of benzene rings is 1. The van der Waals surface area contributed by atoms with Gasteiger partial charge in [-0.05, 0) is 31.5 Å². The van der Waals surface area contributed by atoms with Crippen molar-refractivity contribution in [2.75, 3.05) is 23.7 Å². The van der Waals surface area contributed by atoms with Gasteiger partial charge in [-0.2, -0.15) is 5.26 Å². The van der Waals surface area contributed by atoms with E-state index in [2.05, 4.69) is 24.8 Å². The molecule has 1 aromatic rings. The summed E-state index contributed by atoms with van der Waals surface area (Å²) in [5.41, 5.74) is 8.34. The normalized spacial score (nSPS) is 9.81. The summed E-state index contributed by atoms with van der Waals surface area (Å²) < 4.78 is 0. The lowest BCUT2D eigenvalue weighted by Gasteiger charge is -2.24. The molecule has 3 heteroatoms. The van der Waals surface area contributed by atoms with Crippen LogP contribution in [0.3, 0.4) is 0 Å². The second-order valence-electron chi connectivity index (χ2n) is 3.82. The third-order valence-electron chi connectivity index (χ3n) is 2.66. The standard InChI is InChI=1S/C13H19N3/c1-3-5-8-16(4-2)13-9-11(10-14)6-7-12(13)15/h6-7,9H,3-5,8,15H2,1-2H3. The molecule has 3 nitrogen and oxygen atoms in total. The van der Waals surface area contributed by atoms with Crippen LogP contribution in [0.1, 0.15) is 32.3 Å². The van der Waals surface area contributed by atoms with E-state index in [1.807, 2.05) is 12.1 Å². The Balaban J connectivity index is 2.94. The molecule has 2 N–H and O–H groups in total. The molecule has 0 saturated heterocycles. The Hall–Kier alpha value is -1.69. The van der Waals surface area contributed by atoms with Gasteiger partial charge in [-0.3, -0.25) is 0 Å². The van der Waals surface area contributed by atoms with E-state index in [0.717, 1.165) is 37.3 Å². The van der Waals surface area contributed by atoms with E-state index >= 15 is 0 Å². The van der Waals surface area contributed by atoms with Gasteiger partial charge in [-0.15, -0.1) is 0 Å². The second kappa shape index (κ2) is 6.02. The minimum absolute atomic E-state index is 0.666. The van der Waals surface area contributed by atoms with Crippen molar-refractivity contribution in [2.45, 2.75) is 26.7 Å². The molecule has 86 valence electrons. The van der Waals surface area contributed by atoms with E-state index < -0.39 is 0 Å². The van der Waals surface area contributed by atoms with Gasteiger partial charge in [0.05, 0.1) is 23.0 Å². The highest BCUT2D eigenvalue weighted by Crippen LogP contribution is 2.24. The first-order valence-corrected chi connectivity index (χ1v) is 5.77. The zero-order valence-corrected chi connectivity index (χ0v) is 10.0. The lowest BCUT2D eigenvalue weighted by molar-refractivity contribution is 0.733. The van der Waals surface area contributed by atoms with Crippen LogP contribution in [0.15, 0.2) is 18.2 Å². The van der Waals surface area contributed by atoms with Crippen molar-refractivity contribution in [2.24, 2.45) is 0 Å². The molecular formula is C13H19N3. The lowest BCUT2D eigenvalue weighted by atomic mass is 10.1. The van der Waals surface area contributed by atoms with Crippen LogP contribution in [0.2, 0.25) is 0 Å². The Morgan fingerprint density at radius 2 is 2.12 bits per heavy atom. The zero-order valence-electron chi connectivity index (χ0n) is 10.0. The molecule has 16 heavy (non-hydrogen) atoms. The third-order valence-corrected chi connectivity index (χ3v) is 2.66. The van der Waals surface area contributed by atoms with Crippen molar-refractivity contribution in [3.63, 3.8) is 0 Å². The summed E-state index contributed by atoms with van der Waals surface area (Å²) in [6.07, 6.45) is 2.30. The zero-order chi connectivity index (χ0) is 12.0. The van der Waals surface area contributed by atoms with Crippen molar-refractivity contribution >= 4 is 11.4 Å². The lowest BCUT2D eigenvalue weighted by Crippen LogP contribution is -2.24. The summed E-state index contributed by atoms with van der Waals surface area (Å²) in [5, 5.41) is 8.87. The second-order valence-corrected chi connectivity index (χ2v) is 3.82. The maximum atomic E-state index is 8.87. The molecule has 1 aromatic carbocycles. The number of hydrogen-bond acceptors (Lipinski definition) is 3. The number of nitrogens with two attached hydrogens (primary N) is 1. The Bertz CT molecular complexity index is 379. The van der Waals surface area contributed by atoms with Crippen LogP contribution < -0.4 is 10.6 Å². The van der Waals surface area contributed by atoms with E-state index in [-0.39, 0.29) is 0 Å². The van der Waals surface area contributed by atoms with Gasteiger partial charge >= 0.3 is 0 Å². The molecule has 0 aliphatic heterocycles. The fourth-order valence-electron chi connectivity index (χ4n) is 1.68. The molecule has 0 heterocycles. The largest absolute Gasteiger partial charge is 0.397 e. The number of anilines is 2. The highest BCUT2D eigenvalue weighted by molar-refractivity contribution is 5.69. The summed E-state index contributed by atoms with van der Waals surface area (Å²) in [7, 11) is 0. The number of rotatable bonds is 5. The summed E-state index contributed by atoms with van der Waals surface area (Å²) in [6.45, 7) is 6.18. The maximum absolute atomic E-state index is 8.87. The Labute approximate surface area is 97.5 Å². The van der Waals surface area contributed by atoms with Crippen LogP contribution in [-0.2, 0) is 0 Å². The van der Waals surface area contributed by atoms with E-state index in [1.165, 1.54) is 0 Å². The Morgan fingerprint density at radius 1 is 1.38 bits per heavy atom. The van der Waals surface area contributed by atoms with Gasteiger partial charge in [-0.25, -0.2) is 0 Å². The van der Waals surface area contributed by atoms with Crippen molar-refractivity contribution < 1.29 is 0 Å². The van der Waals surface area contributed by atoms with Crippen LogP contribution in [0.4, 0.5) is 11.4 Å². The van der Waals surface area contributed by atoms with Crippen molar-refractivity contribution in [3.05, 3.63) is 23.8 Å². The Morgan fingerprint density at radius 3 is 2.69 bits per heavy atom. The van der Waals surface area contributed by atoms with Gasteiger partial charge in [0, 0.05) is 13.1 Å². The van der Waals surface area contributed by atoms with Gasteiger partial charge in [-0.1, -0.05) is 13.3 Å². The molecule has 0 amide bonds. The van der Waals surface area contributed by atoms with Crippen LogP contribution >= 0.6 is 0 Å². The highest BCUT2D eigenvalue weighted by Gasteiger charge is 2.08. The fourth-order valence-corrected chi connectivity index (χ4v) is 1.68. The van der Waals surface area contributed by atoms with Gasteiger partial charge in [0.15, 0.2) is 0 Å². The van der Waals surface area contributed by atoms with E-state index in [1.54, 1.807) is 6.07 Å². The van der Waals surface area contributed by atoms with Gasteiger partial charge in [0.2, 0.25) is 0 Å². The van der Waals surface area contributed by atoms with E-state index in [4.69, 9.17) is 11.0 Å². The predicted octanol–water partition coefficient (Wildman–Crippen LogP) is 2.77. The van der Waals surface area contributed by atoms with Crippen molar-refractivity contribution in [1.82, 2.24) is 0 Å². The minimum Gasteiger partial charge on any atom is -0.397 e. The van der Waals surface area contributed by atoms with Gasteiger partial charge in [0.1, 0.15) is 0 Å². The van der Waals surface area contributed by atoms with Gasteiger partial charge in [0.25, 0.3) is 0 Å². The number of nitrogen functional groups attached to an aromatic ring is 1. The quantitative estimate of drug-likeness (QED) is 0.771. The van der Waals surface area contributed by atoms with Crippen molar-refractivity contribution in [3.8, 4) is 6.07 Å². The smallest absolute Gasteiger partial charge is 0.0992 e.